The van der Waals surface area contributed by atoms with E-state index in [0.717, 1.165) is 13.1 Å². The fraction of sp³-hybridized carbons (Fsp3) is 0.333. The highest BCUT2D eigenvalue weighted by molar-refractivity contribution is 5.57. The number of hydrogen-bond acceptors (Lipinski definition) is 2. The van der Waals surface area contributed by atoms with Gasteiger partial charge in [-0.05, 0) is 35.6 Å². The first-order valence-electron chi connectivity index (χ1n) is 7.54. The zero-order valence-corrected chi connectivity index (χ0v) is 11.6. The normalized spacial score (nSPS) is 23.2. The van der Waals surface area contributed by atoms with Gasteiger partial charge in [0, 0.05) is 30.7 Å². The number of benzene rings is 2. The molecule has 0 bridgehead atoms. The zero-order valence-electron chi connectivity index (χ0n) is 11.6. The van der Waals surface area contributed by atoms with Crippen molar-refractivity contribution in [2.45, 2.75) is 31.3 Å². The van der Waals surface area contributed by atoms with Gasteiger partial charge in [-0.15, -0.1) is 0 Å². The van der Waals surface area contributed by atoms with Crippen LogP contribution in [0.4, 0.5) is 5.69 Å². The second kappa shape index (κ2) is 4.95. The molecule has 1 aliphatic heterocycles. The maximum Gasteiger partial charge on any atom is 0.0376 e. The molecule has 2 aromatic rings. The first-order chi connectivity index (χ1) is 9.90. The molecule has 1 heterocycles. The topological polar surface area (TPSA) is 24.1 Å². The Bertz CT molecular complexity index is 606. The third-order valence-corrected chi connectivity index (χ3v) is 4.47. The molecule has 0 spiro atoms. The Morgan fingerprint density at radius 2 is 2.00 bits per heavy atom. The molecule has 2 atom stereocenters. The quantitative estimate of drug-likeness (QED) is 0.885. The summed E-state index contributed by atoms with van der Waals surface area (Å²) in [6, 6.07) is 18.3. The maximum absolute atomic E-state index is 3.68. The maximum atomic E-state index is 3.68. The van der Waals surface area contributed by atoms with Crippen molar-refractivity contribution in [1.29, 1.82) is 0 Å². The van der Waals surface area contributed by atoms with Crippen molar-refractivity contribution in [1.82, 2.24) is 5.32 Å². The molecule has 4 rings (SSSR count). The van der Waals surface area contributed by atoms with E-state index in [1.165, 1.54) is 35.2 Å². The monoisotopic (exact) mass is 264 g/mol. The van der Waals surface area contributed by atoms with Crippen molar-refractivity contribution < 1.29 is 0 Å². The summed E-state index contributed by atoms with van der Waals surface area (Å²) in [7, 11) is 0. The van der Waals surface area contributed by atoms with E-state index in [-0.39, 0.29) is 0 Å². The van der Waals surface area contributed by atoms with Gasteiger partial charge in [0.05, 0.1) is 0 Å². The van der Waals surface area contributed by atoms with Crippen LogP contribution in [0.25, 0.3) is 0 Å². The molecule has 2 aromatic carbocycles. The van der Waals surface area contributed by atoms with E-state index >= 15 is 0 Å². The van der Waals surface area contributed by atoms with Crippen molar-refractivity contribution in [2.24, 2.45) is 0 Å². The van der Waals surface area contributed by atoms with E-state index < -0.39 is 0 Å². The molecule has 102 valence electrons. The highest BCUT2D eigenvalue weighted by Crippen LogP contribution is 2.40. The van der Waals surface area contributed by atoms with Crippen molar-refractivity contribution in [2.75, 3.05) is 11.9 Å². The van der Waals surface area contributed by atoms with Gasteiger partial charge in [-0.25, -0.2) is 0 Å². The standard InChI is InChI=1S/C18H20N2/c1-2-4-14(5-3-1)16-11-18(16)20-12-13-6-7-15-8-9-19-17(15)10-13/h1-7,10,16,18-20H,8-9,11-12H2. The SMILES string of the molecule is c1ccc(C2CC2NCc2ccc3c(c2)NCC3)cc1. The van der Waals surface area contributed by atoms with Gasteiger partial charge in [-0.3, -0.25) is 0 Å². The molecule has 2 unspecified atom stereocenters. The van der Waals surface area contributed by atoms with Crippen LogP contribution >= 0.6 is 0 Å². The Morgan fingerprint density at radius 3 is 2.90 bits per heavy atom. The molecule has 20 heavy (non-hydrogen) atoms. The summed E-state index contributed by atoms with van der Waals surface area (Å²) < 4.78 is 0. The van der Waals surface area contributed by atoms with Gasteiger partial charge in [0.15, 0.2) is 0 Å². The predicted molar refractivity (Wildman–Crippen MR) is 83.1 cm³/mol. The molecular formula is C18H20N2. The molecule has 1 fully saturated rings. The third-order valence-electron chi connectivity index (χ3n) is 4.47. The van der Waals surface area contributed by atoms with Gasteiger partial charge in [0.2, 0.25) is 0 Å². The second-order valence-corrected chi connectivity index (χ2v) is 5.91. The van der Waals surface area contributed by atoms with Crippen LogP contribution in [-0.2, 0) is 13.0 Å². The Hall–Kier alpha value is -1.80. The van der Waals surface area contributed by atoms with Crippen molar-refractivity contribution in [3.63, 3.8) is 0 Å². The molecule has 2 aliphatic rings. The molecule has 0 radical (unpaired) electrons. The van der Waals surface area contributed by atoms with Crippen LogP contribution in [0, 0.1) is 0 Å². The second-order valence-electron chi connectivity index (χ2n) is 5.91. The molecular weight excluding hydrogens is 244 g/mol. The van der Waals surface area contributed by atoms with Gasteiger partial charge in [-0.2, -0.15) is 0 Å². The van der Waals surface area contributed by atoms with Crippen LogP contribution in [0.3, 0.4) is 0 Å². The highest BCUT2D eigenvalue weighted by atomic mass is 15.0. The summed E-state index contributed by atoms with van der Waals surface area (Å²) in [5, 5.41) is 7.14. The summed E-state index contributed by atoms with van der Waals surface area (Å²) >= 11 is 0. The Balaban J connectivity index is 1.36. The fourth-order valence-electron chi connectivity index (χ4n) is 3.19. The molecule has 2 heteroatoms. The predicted octanol–water partition coefficient (Wildman–Crippen LogP) is 3.30. The van der Waals surface area contributed by atoms with Crippen LogP contribution in [0.5, 0.6) is 0 Å². The number of hydrogen-bond donors (Lipinski definition) is 2. The lowest BCUT2D eigenvalue weighted by Crippen LogP contribution is -2.17. The van der Waals surface area contributed by atoms with Crippen molar-refractivity contribution in [3.8, 4) is 0 Å². The lowest BCUT2D eigenvalue weighted by Gasteiger charge is -2.07. The van der Waals surface area contributed by atoms with Crippen LogP contribution in [0.2, 0.25) is 0 Å². The van der Waals surface area contributed by atoms with Gasteiger partial charge in [0.25, 0.3) is 0 Å². The Labute approximate surface area is 120 Å². The number of nitrogens with one attached hydrogen (secondary N) is 2. The Morgan fingerprint density at radius 1 is 1.10 bits per heavy atom. The zero-order chi connectivity index (χ0) is 13.4. The van der Waals surface area contributed by atoms with Gasteiger partial charge < -0.3 is 10.6 Å². The molecule has 0 saturated heterocycles. The molecule has 0 amide bonds. The van der Waals surface area contributed by atoms with Gasteiger partial charge >= 0.3 is 0 Å². The average molecular weight is 264 g/mol. The van der Waals surface area contributed by atoms with E-state index in [9.17, 15) is 0 Å². The number of fused-ring (bicyclic) bond motifs is 1. The Kier molecular flexibility index (Phi) is 2.96. The summed E-state index contributed by atoms with van der Waals surface area (Å²) in [4.78, 5) is 0. The van der Waals surface area contributed by atoms with Gasteiger partial charge in [-0.1, -0.05) is 42.5 Å². The van der Waals surface area contributed by atoms with E-state index in [1.54, 1.807) is 0 Å². The van der Waals surface area contributed by atoms with Crippen molar-refractivity contribution in [3.05, 3.63) is 65.2 Å². The van der Waals surface area contributed by atoms with Gasteiger partial charge in [0.1, 0.15) is 0 Å². The largest absolute Gasteiger partial charge is 0.384 e. The first kappa shape index (κ1) is 12.0. The smallest absolute Gasteiger partial charge is 0.0376 e. The third kappa shape index (κ3) is 2.32. The van der Waals surface area contributed by atoms with E-state index in [4.69, 9.17) is 0 Å². The summed E-state index contributed by atoms with van der Waals surface area (Å²) in [6.07, 6.45) is 2.44. The lowest BCUT2D eigenvalue weighted by molar-refractivity contribution is 0.673. The average Bonchev–Trinajstić information content (AvgIpc) is 3.13. The van der Waals surface area contributed by atoms with Crippen LogP contribution in [-0.4, -0.2) is 12.6 Å². The van der Waals surface area contributed by atoms with Crippen LogP contribution in [0.1, 0.15) is 29.0 Å². The molecule has 2 nitrogen and oxygen atoms in total. The fourth-order valence-corrected chi connectivity index (χ4v) is 3.19. The highest BCUT2D eigenvalue weighted by Gasteiger charge is 2.37. The van der Waals surface area contributed by atoms with E-state index in [2.05, 4.69) is 59.2 Å². The summed E-state index contributed by atoms with van der Waals surface area (Å²) in [6.45, 7) is 2.06. The number of anilines is 1. The molecule has 1 saturated carbocycles. The van der Waals surface area contributed by atoms with Crippen LogP contribution in [0.15, 0.2) is 48.5 Å². The molecule has 1 aliphatic carbocycles. The first-order valence-corrected chi connectivity index (χ1v) is 7.54. The van der Waals surface area contributed by atoms with Crippen molar-refractivity contribution >= 4 is 5.69 Å². The minimum atomic E-state index is 0.651. The molecule has 2 N–H and O–H groups in total. The lowest BCUT2D eigenvalue weighted by atomic mass is 10.1. The minimum absolute atomic E-state index is 0.651. The number of rotatable bonds is 4. The van der Waals surface area contributed by atoms with Crippen LogP contribution < -0.4 is 10.6 Å². The van der Waals surface area contributed by atoms with E-state index in [1.807, 2.05) is 0 Å². The van der Waals surface area contributed by atoms with E-state index in [0.29, 0.717) is 12.0 Å². The summed E-state index contributed by atoms with van der Waals surface area (Å²) in [5.74, 6) is 0.712. The summed E-state index contributed by atoms with van der Waals surface area (Å²) in [5.41, 5.74) is 5.65. The minimum Gasteiger partial charge on any atom is -0.384 e. The molecule has 0 aromatic heterocycles.